The minimum Gasteiger partial charge on any atom is -1.00 e. The zero-order valence-corrected chi connectivity index (χ0v) is 10.8. The number of halogens is 1. The molecule has 0 aliphatic heterocycles. The number of fused-ring (bicyclic) bond motifs is 1. The van der Waals surface area contributed by atoms with E-state index in [0.29, 0.717) is 0 Å². The lowest BCUT2D eigenvalue weighted by molar-refractivity contribution is -0.584. The molecule has 2 atom stereocenters. The maximum Gasteiger partial charge on any atom is 0.183 e. The summed E-state index contributed by atoms with van der Waals surface area (Å²) in [6, 6.07) is 6.26. The first-order valence-electron chi connectivity index (χ1n) is 5.76. The quantitative estimate of drug-likeness (QED) is 0.495. The fraction of sp³-hybridized carbons (Fsp3) is 0.357. The van der Waals surface area contributed by atoms with E-state index in [1.165, 1.54) is 25.0 Å². The highest BCUT2D eigenvalue weighted by Crippen LogP contribution is 2.37. The monoisotopic (exact) mass is 277 g/mol. The molecule has 3 rings (SSSR count). The Labute approximate surface area is 107 Å². The van der Waals surface area contributed by atoms with Crippen LogP contribution >= 0.6 is 0 Å². The van der Waals surface area contributed by atoms with Crippen LogP contribution in [0.2, 0.25) is 0 Å². The Bertz CT molecular complexity index is 408. The van der Waals surface area contributed by atoms with Crippen LogP contribution in [-0.4, -0.2) is 0 Å². The van der Waals surface area contributed by atoms with Crippen molar-refractivity contribution in [1.82, 2.24) is 0 Å². The van der Waals surface area contributed by atoms with Crippen LogP contribution in [-0.2, 0) is 0 Å². The molecule has 0 fully saturated rings. The van der Waals surface area contributed by atoms with E-state index in [9.17, 15) is 0 Å². The summed E-state index contributed by atoms with van der Waals surface area (Å²) in [6.45, 7) is 0. The number of nitrogens with zero attached hydrogens (tertiary/aromatic N) is 1. The van der Waals surface area contributed by atoms with Gasteiger partial charge < -0.3 is 17.0 Å². The van der Waals surface area contributed by atoms with Crippen LogP contribution in [0.4, 0.5) is 0 Å². The summed E-state index contributed by atoms with van der Waals surface area (Å²) in [6.07, 6.45) is 15.2. The van der Waals surface area contributed by atoms with Crippen molar-refractivity contribution in [3.05, 3.63) is 48.8 Å². The molecule has 84 valence electrons. The van der Waals surface area contributed by atoms with E-state index in [0.717, 1.165) is 11.8 Å². The molecule has 2 aliphatic carbocycles. The van der Waals surface area contributed by atoms with E-state index in [-0.39, 0.29) is 17.0 Å². The molecule has 2 unspecified atom stereocenters. The number of allylic oxidation sites excluding steroid dienone is 4. The van der Waals surface area contributed by atoms with Gasteiger partial charge in [-0.05, 0) is 30.8 Å². The second-order valence-electron chi connectivity index (χ2n) is 4.51. The van der Waals surface area contributed by atoms with E-state index < -0.39 is 0 Å². The second kappa shape index (κ2) is 4.96. The first-order valence-corrected chi connectivity index (χ1v) is 5.76. The van der Waals surface area contributed by atoms with E-state index in [2.05, 4.69) is 53.4 Å². The number of pyridine rings is 1. The summed E-state index contributed by atoms with van der Waals surface area (Å²) in [5.41, 5.74) is 1.46. The average Bonchev–Trinajstić information content (AvgIpc) is 2.77. The first kappa shape index (κ1) is 11.6. The highest BCUT2D eigenvalue weighted by Gasteiger charge is 2.29. The van der Waals surface area contributed by atoms with Crippen molar-refractivity contribution in [2.24, 2.45) is 11.8 Å². The topological polar surface area (TPSA) is 3.88 Å². The largest absolute Gasteiger partial charge is 1.00 e. The maximum absolute atomic E-state index is 2.41. The van der Waals surface area contributed by atoms with Gasteiger partial charge in [0.25, 0.3) is 0 Å². The summed E-state index contributed by atoms with van der Waals surface area (Å²) in [7, 11) is 0. The molecule has 2 heteroatoms. The van der Waals surface area contributed by atoms with Gasteiger partial charge in [0.1, 0.15) is 0 Å². The van der Waals surface area contributed by atoms with Crippen molar-refractivity contribution in [2.75, 3.05) is 0 Å². The van der Waals surface area contributed by atoms with Gasteiger partial charge in [0.2, 0.25) is 0 Å². The van der Waals surface area contributed by atoms with Crippen LogP contribution in [0.25, 0.3) is 5.70 Å². The molecule has 1 nitrogen and oxygen atoms in total. The van der Waals surface area contributed by atoms with Gasteiger partial charge in [-0.25, -0.2) is 0 Å². The van der Waals surface area contributed by atoms with Gasteiger partial charge in [-0.3, -0.25) is 0 Å². The van der Waals surface area contributed by atoms with Gasteiger partial charge in [-0.15, -0.1) is 0 Å². The molecule has 0 aromatic carbocycles. The van der Waals surface area contributed by atoms with Crippen molar-refractivity contribution in [2.45, 2.75) is 19.3 Å². The normalized spacial score (nSPS) is 26.9. The summed E-state index contributed by atoms with van der Waals surface area (Å²) in [5.74, 6) is 1.68. The molecular weight excluding hydrogens is 262 g/mol. The van der Waals surface area contributed by atoms with Gasteiger partial charge in [-0.2, -0.15) is 4.57 Å². The smallest absolute Gasteiger partial charge is 0.183 e. The average molecular weight is 278 g/mol. The summed E-state index contributed by atoms with van der Waals surface area (Å²) in [4.78, 5) is 0. The predicted molar refractivity (Wildman–Crippen MR) is 60.9 cm³/mol. The Balaban J connectivity index is 0.000000963. The van der Waals surface area contributed by atoms with Crippen LogP contribution in [0.5, 0.6) is 0 Å². The molecule has 0 saturated carbocycles. The third-order valence-corrected chi connectivity index (χ3v) is 3.58. The third kappa shape index (κ3) is 2.12. The van der Waals surface area contributed by atoms with Crippen LogP contribution in [0.1, 0.15) is 19.3 Å². The second-order valence-corrected chi connectivity index (χ2v) is 4.51. The predicted octanol–water partition coefficient (Wildman–Crippen LogP) is -0.195. The molecule has 1 aromatic heterocycles. The van der Waals surface area contributed by atoms with Gasteiger partial charge in [0.15, 0.2) is 18.1 Å². The van der Waals surface area contributed by atoms with Crippen LogP contribution < -0.4 is 21.5 Å². The molecule has 0 bridgehead atoms. The molecule has 1 aromatic rings. The Morgan fingerprint density at radius 1 is 1.06 bits per heavy atom. The van der Waals surface area contributed by atoms with Crippen LogP contribution in [0.15, 0.2) is 48.8 Å². The Morgan fingerprint density at radius 3 is 2.69 bits per heavy atom. The lowest BCUT2D eigenvalue weighted by Crippen LogP contribution is -3.00. The molecule has 16 heavy (non-hydrogen) atoms. The van der Waals surface area contributed by atoms with Crippen molar-refractivity contribution in [3.8, 4) is 0 Å². The van der Waals surface area contributed by atoms with Crippen LogP contribution in [0.3, 0.4) is 0 Å². The molecule has 1 heterocycles. The van der Waals surface area contributed by atoms with E-state index >= 15 is 0 Å². The minimum atomic E-state index is 0. The van der Waals surface area contributed by atoms with Crippen molar-refractivity contribution < 1.29 is 21.5 Å². The maximum atomic E-state index is 2.41. The standard InChI is InChI=1S/C14H16N.BrH/c1-2-9-15(10-3-1)14-8-7-12-5-4-6-13(12)11-14;/h1-4,6,8-10,12-13H,5,7,11H2;1H/q+1;/p-1. The van der Waals surface area contributed by atoms with E-state index in [1.54, 1.807) is 0 Å². The Kier molecular flexibility index (Phi) is 3.59. The minimum absolute atomic E-state index is 0. The lowest BCUT2D eigenvalue weighted by Gasteiger charge is -2.21. The summed E-state index contributed by atoms with van der Waals surface area (Å²) < 4.78 is 2.25. The van der Waals surface area contributed by atoms with Gasteiger partial charge in [0.05, 0.1) is 0 Å². The molecule has 0 N–H and O–H groups in total. The molecule has 0 saturated heterocycles. The first-order chi connectivity index (χ1) is 7.43. The molecule has 0 spiro atoms. The third-order valence-electron chi connectivity index (χ3n) is 3.58. The molecule has 2 aliphatic rings. The van der Waals surface area contributed by atoms with Gasteiger partial charge in [-0.1, -0.05) is 18.2 Å². The zero-order valence-electron chi connectivity index (χ0n) is 9.22. The lowest BCUT2D eigenvalue weighted by atomic mass is 9.84. The zero-order chi connectivity index (χ0) is 10.1. The Hall–Kier alpha value is -0.890. The number of hydrogen-bond donors (Lipinski definition) is 0. The SMILES string of the molecule is C1=CC2CC([n+]3ccccc3)=CCC2C1.[Br-]. The van der Waals surface area contributed by atoms with Crippen LogP contribution in [0, 0.1) is 11.8 Å². The van der Waals surface area contributed by atoms with Gasteiger partial charge >= 0.3 is 0 Å². The van der Waals surface area contributed by atoms with E-state index in [1.807, 2.05) is 0 Å². The molecular formula is C14H16BrN. The van der Waals surface area contributed by atoms with Gasteiger partial charge in [0, 0.05) is 18.6 Å². The van der Waals surface area contributed by atoms with Crippen molar-refractivity contribution in [1.29, 1.82) is 0 Å². The fourth-order valence-corrected chi connectivity index (χ4v) is 2.68. The number of rotatable bonds is 1. The highest BCUT2D eigenvalue weighted by atomic mass is 79.9. The van der Waals surface area contributed by atoms with Crippen molar-refractivity contribution >= 4 is 5.70 Å². The molecule has 0 radical (unpaired) electrons. The molecule has 0 amide bonds. The Morgan fingerprint density at radius 2 is 1.88 bits per heavy atom. The van der Waals surface area contributed by atoms with E-state index in [4.69, 9.17) is 0 Å². The summed E-state index contributed by atoms with van der Waals surface area (Å²) >= 11 is 0. The fourth-order valence-electron chi connectivity index (χ4n) is 2.68. The number of aromatic nitrogens is 1. The highest BCUT2D eigenvalue weighted by molar-refractivity contribution is 5.37. The summed E-state index contributed by atoms with van der Waals surface area (Å²) in [5, 5.41) is 0. The van der Waals surface area contributed by atoms with Crippen molar-refractivity contribution in [3.63, 3.8) is 0 Å². The number of hydrogen-bond acceptors (Lipinski definition) is 0.